The molecule has 0 bridgehead atoms. The molecule has 2 heterocycles. The molecule has 2 rings (SSSR count). The van der Waals surface area contributed by atoms with Gasteiger partial charge in [0.1, 0.15) is 5.01 Å². The van der Waals surface area contributed by atoms with Gasteiger partial charge in [0.15, 0.2) is 0 Å². The van der Waals surface area contributed by atoms with Crippen molar-refractivity contribution in [2.75, 3.05) is 25.0 Å². The number of urea groups is 1. The van der Waals surface area contributed by atoms with E-state index in [-0.39, 0.29) is 6.03 Å². The van der Waals surface area contributed by atoms with Crippen LogP contribution in [0.25, 0.3) is 0 Å². The highest BCUT2D eigenvalue weighted by Crippen LogP contribution is 2.14. The van der Waals surface area contributed by atoms with E-state index in [1.807, 2.05) is 6.92 Å². The van der Waals surface area contributed by atoms with E-state index in [1.165, 1.54) is 24.2 Å². The number of nitrogens with zero attached hydrogens (tertiary/aromatic N) is 3. The molecule has 0 aliphatic carbocycles. The van der Waals surface area contributed by atoms with Crippen molar-refractivity contribution >= 4 is 22.5 Å². The Morgan fingerprint density at radius 3 is 2.74 bits per heavy atom. The molecule has 0 spiro atoms. The maximum Gasteiger partial charge on any atom is 0.321 e. The molecule has 106 valence electrons. The summed E-state index contributed by atoms with van der Waals surface area (Å²) in [4.78, 5) is 14.2. The molecule has 1 aromatic heterocycles. The summed E-state index contributed by atoms with van der Waals surface area (Å²) in [7, 11) is 0. The average Bonchev–Trinajstić information content (AvgIpc) is 3.02. The number of carbonyl (C=O) groups is 1. The number of aryl methyl sites for hydroxylation is 1. The van der Waals surface area contributed by atoms with Crippen LogP contribution < -0.4 is 10.6 Å². The molecule has 1 saturated heterocycles. The maximum absolute atomic E-state index is 11.8. The Labute approximate surface area is 117 Å². The lowest BCUT2D eigenvalue weighted by atomic mass is 10.2. The van der Waals surface area contributed by atoms with E-state index < -0.39 is 0 Å². The average molecular weight is 283 g/mol. The standard InChI is InChI=1S/C12H21N5OS/c1-3-10(17-6-4-5-7-17)8-13-11(18)14-12-16-15-9(2)19-12/h10H,3-8H2,1-2H3,(H2,13,14,16,18). The number of amides is 2. The lowest BCUT2D eigenvalue weighted by Gasteiger charge is -2.26. The van der Waals surface area contributed by atoms with Crippen LogP contribution in [0.2, 0.25) is 0 Å². The first-order valence-corrected chi connectivity index (χ1v) is 7.59. The van der Waals surface area contributed by atoms with Gasteiger partial charge in [-0.1, -0.05) is 18.3 Å². The van der Waals surface area contributed by atoms with Crippen molar-refractivity contribution in [3.8, 4) is 0 Å². The zero-order chi connectivity index (χ0) is 13.7. The third-order valence-electron chi connectivity index (χ3n) is 3.37. The van der Waals surface area contributed by atoms with Crippen LogP contribution in [0, 0.1) is 6.92 Å². The molecule has 19 heavy (non-hydrogen) atoms. The number of hydrogen-bond donors (Lipinski definition) is 2. The zero-order valence-corrected chi connectivity index (χ0v) is 12.3. The Kier molecular flexibility index (Phi) is 5.09. The van der Waals surface area contributed by atoms with Gasteiger partial charge in [-0.3, -0.25) is 10.2 Å². The van der Waals surface area contributed by atoms with E-state index in [0.717, 1.165) is 24.5 Å². The first-order valence-electron chi connectivity index (χ1n) is 6.78. The Bertz CT molecular complexity index is 416. The van der Waals surface area contributed by atoms with Crippen molar-refractivity contribution in [3.05, 3.63) is 5.01 Å². The Balaban J connectivity index is 1.75. The second kappa shape index (κ2) is 6.81. The largest absolute Gasteiger partial charge is 0.336 e. The number of aromatic nitrogens is 2. The van der Waals surface area contributed by atoms with Gasteiger partial charge < -0.3 is 5.32 Å². The number of rotatable bonds is 5. The smallest absolute Gasteiger partial charge is 0.321 e. The summed E-state index contributed by atoms with van der Waals surface area (Å²) >= 11 is 1.38. The predicted molar refractivity (Wildman–Crippen MR) is 76.6 cm³/mol. The summed E-state index contributed by atoms with van der Waals surface area (Å²) in [6.45, 7) is 7.01. The molecule has 7 heteroatoms. The van der Waals surface area contributed by atoms with E-state index in [9.17, 15) is 4.79 Å². The fourth-order valence-corrected chi connectivity index (χ4v) is 2.92. The molecule has 1 aromatic rings. The molecule has 2 N–H and O–H groups in total. The minimum absolute atomic E-state index is 0.200. The third-order valence-corrected chi connectivity index (χ3v) is 4.13. The van der Waals surface area contributed by atoms with Crippen molar-refractivity contribution in [2.24, 2.45) is 0 Å². The highest BCUT2D eigenvalue weighted by molar-refractivity contribution is 7.15. The van der Waals surface area contributed by atoms with Crippen LogP contribution in [0.5, 0.6) is 0 Å². The van der Waals surface area contributed by atoms with E-state index in [0.29, 0.717) is 17.7 Å². The van der Waals surface area contributed by atoms with Gasteiger partial charge in [-0.15, -0.1) is 10.2 Å². The van der Waals surface area contributed by atoms with Gasteiger partial charge in [0, 0.05) is 12.6 Å². The van der Waals surface area contributed by atoms with Crippen LogP contribution in [-0.2, 0) is 0 Å². The summed E-state index contributed by atoms with van der Waals surface area (Å²) in [5.74, 6) is 0. The number of hydrogen-bond acceptors (Lipinski definition) is 5. The molecular formula is C12H21N5OS. The summed E-state index contributed by atoms with van der Waals surface area (Å²) in [5, 5.41) is 14.7. The molecule has 0 saturated carbocycles. The van der Waals surface area contributed by atoms with Crippen LogP contribution in [0.3, 0.4) is 0 Å². The van der Waals surface area contributed by atoms with E-state index in [1.54, 1.807) is 0 Å². The van der Waals surface area contributed by atoms with Crippen LogP contribution >= 0.6 is 11.3 Å². The molecule has 1 atom stereocenters. The van der Waals surface area contributed by atoms with E-state index in [2.05, 4.69) is 32.7 Å². The Hall–Kier alpha value is -1.21. The fourth-order valence-electron chi connectivity index (χ4n) is 2.34. The maximum atomic E-state index is 11.8. The van der Waals surface area contributed by atoms with Gasteiger partial charge in [-0.25, -0.2) is 4.79 Å². The van der Waals surface area contributed by atoms with Gasteiger partial charge in [-0.2, -0.15) is 0 Å². The lowest BCUT2D eigenvalue weighted by molar-refractivity contribution is 0.222. The zero-order valence-electron chi connectivity index (χ0n) is 11.5. The monoisotopic (exact) mass is 283 g/mol. The fraction of sp³-hybridized carbons (Fsp3) is 0.750. The van der Waals surface area contributed by atoms with Gasteiger partial charge in [0.25, 0.3) is 0 Å². The number of carbonyl (C=O) groups excluding carboxylic acids is 1. The SMILES string of the molecule is CCC(CNC(=O)Nc1nnc(C)s1)N1CCCC1. The van der Waals surface area contributed by atoms with Gasteiger partial charge in [0.05, 0.1) is 0 Å². The molecule has 6 nitrogen and oxygen atoms in total. The predicted octanol–water partition coefficient (Wildman–Crippen LogP) is 1.84. The van der Waals surface area contributed by atoms with Crippen LogP contribution in [0.4, 0.5) is 9.93 Å². The molecule has 1 aliphatic heterocycles. The summed E-state index contributed by atoms with van der Waals surface area (Å²) < 4.78 is 0. The molecule has 2 amide bonds. The number of anilines is 1. The Morgan fingerprint density at radius 1 is 1.42 bits per heavy atom. The minimum Gasteiger partial charge on any atom is -0.336 e. The summed E-state index contributed by atoms with van der Waals surface area (Å²) in [6.07, 6.45) is 3.59. The first-order chi connectivity index (χ1) is 9.19. The van der Waals surface area contributed by atoms with E-state index in [4.69, 9.17) is 0 Å². The summed E-state index contributed by atoms with van der Waals surface area (Å²) in [5.41, 5.74) is 0. The molecule has 0 aromatic carbocycles. The molecule has 1 unspecified atom stereocenters. The van der Waals surface area contributed by atoms with Gasteiger partial charge >= 0.3 is 6.03 Å². The number of nitrogens with one attached hydrogen (secondary N) is 2. The highest BCUT2D eigenvalue weighted by atomic mass is 32.1. The third kappa shape index (κ3) is 4.14. The van der Waals surface area contributed by atoms with Crippen molar-refractivity contribution in [1.82, 2.24) is 20.4 Å². The van der Waals surface area contributed by atoms with Crippen molar-refractivity contribution in [1.29, 1.82) is 0 Å². The first kappa shape index (κ1) is 14.2. The second-order valence-corrected chi connectivity index (χ2v) is 5.95. The van der Waals surface area contributed by atoms with E-state index >= 15 is 0 Å². The summed E-state index contributed by atoms with van der Waals surface area (Å²) in [6, 6.07) is 0.234. The number of likely N-dealkylation sites (tertiary alicyclic amines) is 1. The highest BCUT2D eigenvalue weighted by Gasteiger charge is 2.20. The topological polar surface area (TPSA) is 70.1 Å². The van der Waals surface area contributed by atoms with Crippen molar-refractivity contribution < 1.29 is 4.79 Å². The van der Waals surface area contributed by atoms with Crippen LogP contribution in [0.15, 0.2) is 0 Å². The lowest BCUT2D eigenvalue weighted by Crippen LogP contribution is -2.43. The molecule has 0 radical (unpaired) electrons. The van der Waals surface area contributed by atoms with Crippen molar-refractivity contribution in [3.63, 3.8) is 0 Å². The quantitative estimate of drug-likeness (QED) is 0.865. The normalized spacial score (nSPS) is 17.4. The van der Waals surface area contributed by atoms with Crippen molar-refractivity contribution in [2.45, 2.75) is 39.2 Å². The van der Waals surface area contributed by atoms with Gasteiger partial charge in [0.2, 0.25) is 5.13 Å². The Morgan fingerprint density at radius 2 is 2.16 bits per heavy atom. The second-order valence-electron chi connectivity index (χ2n) is 4.77. The molecule has 1 fully saturated rings. The van der Waals surface area contributed by atoms with Crippen LogP contribution in [0.1, 0.15) is 31.2 Å². The molecular weight excluding hydrogens is 262 g/mol. The molecule has 1 aliphatic rings. The van der Waals surface area contributed by atoms with Crippen LogP contribution in [-0.4, -0.2) is 46.8 Å². The minimum atomic E-state index is -0.200. The van der Waals surface area contributed by atoms with Gasteiger partial charge in [-0.05, 0) is 39.3 Å².